The summed E-state index contributed by atoms with van der Waals surface area (Å²) in [5.74, 6) is 1.30. The fourth-order valence-electron chi connectivity index (χ4n) is 2.76. The zero-order valence-corrected chi connectivity index (χ0v) is 7.34. The maximum atomic E-state index is 10.1. The van der Waals surface area contributed by atoms with E-state index in [0.29, 0.717) is 11.8 Å². The summed E-state index contributed by atoms with van der Waals surface area (Å²) in [5, 5.41) is 10.1. The Balaban J connectivity index is 1.94. The third kappa shape index (κ3) is 1.10. The molecule has 2 saturated carbocycles. The van der Waals surface area contributed by atoms with Crippen molar-refractivity contribution >= 4 is 0 Å². The quantitative estimate of drug-likeness (QED) is 0.647. The third-order valence-corrected chi connectivity index (χ3v) is 3.68. The van der Waals surface area contributed by atoms with Crippen molar-refractivity contribution in [1.29, 1.82) is 0 Å². The van der Waals surface area contributed by atoms with Crippen LogP contribution in [0.5, 0.6) is 0 Å². The zero-order chi connectivity index (χ0) is 7.90. The predicted molar refractivity (Wildman–Crippen MR) is 45.3 cm³/mol. The van der Waals surface area contributed by atoms with Gasteiger partial charge in [0.15, 0.2) is 0 Å². The topological polar surface area (TPSA) is 20.2 Å². The van der Waals surface area contributed by atoms with Crippen LogP contribution in [0.2, 0.25) is 0 Å². The van der Waals surface area contributed by atoms with Crippen molar-refractivity contribution < 1.29 is 5.11 Å². The monoisotopic (exact) mass is 154 g/mol. The summed E-state index contributed by atoms with van der Waals surface area (Å²) in [5.41, 5.74) is -0.203. The Morgan fingerprint density at radius 1 is 1.36 bits per heavy atom. The summed E-state index contributed by atoms with van der Waals surface area (Å²) >= 11 is 0. The lowest BCUT2D eigenvalue weighted by molar-refractivity contribution is 0.0672. The highest BCUT2D eigenvalue weighted by atomic mass is 16.3. The molecule has 0 spiro atoms. The minimum Gasteiger partial charge on any atom is -0.389 e. The highest BCUT2D eigenvalue weighted by Gasteiger charge is 2.56. The van der Waals surface area contributed by atoms with E-state index in [1.807, 2.05) is 0 Å². The van der Waals surface area contributed by atoms with E-state index in [1.165, 1.54) is 32.1 Å². The molecule has 0 aliphatic heterocycles. The van der Waals surface area contributed by atoms with Crippen molar-refractivity contribution in [3.8, 4) is 0 Å². The van der Waals surface area contributed by atoms with E-state index >= 15 is 0 Å². The van der Waals surface area contributed by atoms with E-state index in [0.717, 1.165) is 6.42 Å². The molecule has 0 bridgehead atoms. The standard InChI is InChI=1S/C10H18O/c1-2-8-7-10(8,11)9-5-3-4-6-9/h8-9,11H,2-7H2,1H3. The Bertz CT molecular complexity index is 149. The van der Waals surface area contributed by atoms with Crippen LogP contribution >= 0.6 is 0 Å². The molecule has 11 heavy (non-hydrogen) atoms. The van der Waals surface area contributed by atoms with E-state index in [-0.39, 0.29) is 5.60 Å². The van der Waals surface area contributed by atoms with Crippen LogP contribution < -0.4 is 0 Å². The highest BCUT2D eigenvalue weighted by molar-refractivity contribution is 5.07. The Kier molecular flexibility index (Phi) is 1.71. The van der Waals surface area contributed by atoms with Gasteiger partial charge >= 0.3 is 0 Å². The van der Waals surface area contributed by atoms with Gasteiger partial charge in [0, 0.05) is 0 Å². The summed E-state index contributed by atoms with van der Waals surface area (Å²) in [4.78, 5) is 0. The summed E-state index contributed by atoms with van der Waals surface area (Å²) in [6.07, 6.45) is 7.54. The summed E-state index contributed by atoms with van der Waals surface area (Å²) in [7, 11) is 0. The van der Waals surface area contributed by atoms with Crippen LogP contribution in [0, 0.1) is 11.8 Å². The molecule has 0 amide bonds. The van der Waals surface area contributed by atoms with Crippen molar-refractivity contribution in [2.24, 2.45) is 11.8 Å². The minimum absolute atomic E-state index is 0.203. The van der Waals surface area contributed by atoms with E-state index in [4.69, 9.17) is 0 Å². The molecule has 1 heteroatoms. The van der Waals surface area contributed by atoms with Crippen LogP contribution in [0.3, 0.4) is 0 Å². The van der Waals surface area contributed by atoms with Gasteiger partial charge in [0.2, 0.25) is 0 Å². The van der Waals surface area contributed by atoms with Crippen molar-refractivity contribution in [2.45, 2.75) is 51.0 Å². The first kappa shape index (κ1) is 7.60. The molecule has 1 N–H and O–H groups in total. The molecule has 2 atom stereocenters. The van der Waals surface area contributed by atoms with E-state index in [9.17, 15) is 5.11 Å². The van der Waals surface area contributed by atoms with E-state index in [2.05, 4.69) is 6.92 Å². The Hall–Kier alpha value is -0.0400. The first-order valence-electron chi connectivity index (χ1n) is 4.99. The lowest BCUT2D eigenvalue weighted by Crippen LogP contribution is -2.21. The number of aliphatic hydroxyl groups is 1. The van der Waals surface area contributed by atoms with Gasteiger partial charge < -0.3 is 5.11 Å². The van der Waals surface area contributed by atoms with Crippen molar-refractivity contribution in [3.63, 3.8) is 0 Å². The van der Waals surface area contributed by atoms with Gasteiger partial charge in [0.25, 0.3) is 0 Å². The molecule has 2 unspecified atom stereocenters. The molecule has 1 nitrogen and oxygen atoms in total. The number of rotatable bonds is 2. The Morgan fingerprint density at radius 3 is 2.45 bits per heavy atom. The van der Waals surface area contributed by atoms with Crippen molar-refractivity contribution in [3.05, 3.63) is 0 Å². The lowest BCUT2D eigenvalue weighted by atomic mass is 9.96. The fraction of sp³-hybridized carbons (Fsp3) is 1.00. The SMILES string of the molecule is CCC1CC1(O)C1CCCC1. The minimum atomic E-state index is -0.203. The second kappa shape index (κ2) is 2.48. The average molecular weight is 154 g/mol. The van der Waals surface area contributed by atoms with Gasteiger partial charge in [-0.05, 0) is 31.1 Å². The van der Waals surface area contributed by atoms with Crippen LogP contribution in [0.1, 0.15) is 45.4 Å². The van der Waals surface area contributed by atoms with Crippen LogP contribution in [0.4, 0.5) is 0 Å². The molecule has 0 radical (unpaired) electrons. The lowest BCUT2D eigenvalue weighted by Gasteiger charge is -2.17. The van der Waals surface area contributed by atoms with Crippen LogP contribution in [-0.2, 0) is 0 Å². The van der Waals surface area contributed by atoms with Gasteiger partial charge in [-0.25, -0.2) is 0 Å². The average Bonchev–Trinajstić information content (AvgIpc) is 2.55. The molecule has 2 aliphatic carbocycles. The van der Waals surface area contributed by atoms with Gasteiger partial charge in [0.1, 0.15) is 0 Å². The van der Waals surface area contributed by atoms with Gasteiger partial charge in [-0.2, -0.15) is 0 Å². The largest absolute Gasteiger partial charge is 0.389 e. The molecule has 2 fully saturated rings. The smallest absolute Gasteiger partial charge is 0.0708 e. The molecule has 2 rings (SSSR count). The molecular weight excluding hydrogens is 136 g/mol. The summed E-state index contributed by atoms with van der Waals surface area (Å²) in [6.45, 7) is 2.19. The Morgan fingerprint density at radius 2 is 2.00 bits per heavy atom. The van der Waals surface area contributed by atoms with Gasteiger partial charge in [-0.15, -0.1) is 0 Å². The molecule has 0 aromatic carbocycles. The summed E-state index contributed by atoms with van der Waals surface area (Å²) < 4.78 is 0. The van der Waals surface area contributed by atoms with Crippen LogP contribution in [0.25, 0.3) is 0 Å². The number of hydrogen-bond donors (Lipinski definition) is 1. The van der Waals surface area contributed by atoms with Crippen LogP contribution in [0.15, 0.2) is 0 Å². The predicted octanol–water partition coefficient (Wildman–Crippen LogP) is 2.34. The maximum Gasteiger partial charge on any atom is 0.0708 e. The van der Waals surface area contributed by atoms with Crippen molar-refractivity contribution in [2.75, 3.05) is 0 Å². The molecule has 0 aromatic heterocycles. The molecule has 0 saturated heterocycles. The second-order valence-electron chi connectivity index (χ2n) is 4.28. The van der Waals surface area contributed by atoms with Gasteiger partial charge in [-0.1, -0.05) is 26.2 Å². The number of hydrogen-bond acceptors (Lipinski definition) is 1. The first-order chi connectivity index (χ1) is 5.27. The molecular formula is C10H18O. The molecule has 0 aromatic rings. The normalized spacial score (nSPS) is 44.7. The van der Waals surface area contributed by atoms with Crippen molar-refractivity contribution in [1.82, 2.24) is 0 Å². The van der Waals surface area contributed by atoms with E-state index < -0.39 is 0 Å². The Labute approximate surface area is 68.8 Å². The molecule has 2 aliphatic rings. The first-order valence-corrected chi connectivity index (χ1v) is 4.99. The highest BCUT2D eigenvalue weighted by Crippen LogP contribution is 2.55. The second-order valence-corrected chi connectivity index (χ2v) is 4.28. The van der Waals surface area contributed by atoms with Gasteiger partial charge in [0.05, 0.1) is 5.60 Å². The van der Waals surface area contributed by atoms with Crippen LogP contribution in [-0.4, -0.2) is 10.7 Å². The molecule has 64 valence electrons. The van der Waals surface area contributed by atoms with Gasteiger partial charge in [-0.3, -0.25) is 0 Å². The van der Waals surface area contributed by atoms with E-state index in [1.54, 1.807) is 0 Å². The molecule has 0 heterocycles. The zero-order valence-electron chi connectivity index (χ0n) is 7.34. The maximum absolute atomic E-state index is 10.1. The fourth-order valence-corrected chi connectivity index (χ4v) is 2.76. The summed E-state index contributed by atoms with van der Waals surface area (Å²) in [6, 6.07) is 0. The third-order valence-electron chi connectivity index (χ3n) is 3.68.